The van der Waals surface area contributed by atoms with Crippen molar-refractivity contribution in [1.29, 1.82) is 0 Å². The smallest absolute Gasteiger partial charge is 0.227 e. The van der Waals surface area contributed by atoms with E-state index in [2.05, 4.69) is 144 Å². The van der Waals surface area contributed by atoms with Crippen LogP contribution < -0.4 is 4.90 Å². The van der Waals surface area contributed by atoms with E-state index >= 15 is 0 Å². The minimum absolute atomic E-state index is 0.649. The molecule has 3 nitrogen and oxygen atoms in total. The van der Waals surface area contributed by atoms with Gasteiger partial charge in [-0.25, -0.2) is 4.98 Å². The summed E-state index contributed by atoms with van der Waals surface area (Å²) in [6.45, 7) is 0. The zero-order valence-electron chi connectivity index (χ0n) is 25.4. The van der Waals surface area contributed by atoms with Crippen molar-refractivity contribution in [3.05, 3.63) is 170 Å². The molecule has 0 fully saturated rings. The molecule has 0 aliphatic heterocycles. The number of benzene rings is 7. The lowest BCUT2D eigenvalue weighted by Crippen LogP contribution is -2.11. The van der Waals surface area contributed by atoms with Gasteiger partial charge >= 0.3 is 0 Å². The highest BCUT2D eigenvalue weighted by Crippen LogP contribution is 2.44. The molecule has 7 aromatic carbocycles. The maximum absolute atomic E-state index is 6.24. The average molecular weight is 621 g/mol. The number of rotatable bonds is 6. The Balaban J connectivity index is 1.18. The van der Waals surface area contributed by atoms with Crippen molar-refractivity contribution in [3.63, 3.8) is 0 Å². The van der Waals surface area contributed by atoms with E-state index in [4.69, 9.17) is 9.40 Å². The summed E-state index contributed by atoms with van der Waals surface area (Å²) in [5, 5.41) is 2.40. The van der Waals surface area contributed by atoms with Crippen LogP contribution in [0.1, 0.15) is 0 Å². The monoisotopic (exact) mass is 620 g/mol. The molecule has 9 aromatic rings. The molecule has 0 radical (unpaired) electrons. The SMILES string of the molecule is c1ccc(-c2ccc(N(c3ccc4c(c3)sc3cc5nc(-c6ccccc6)oc5cc34)c3ccccc3-c3ccccc3)cc2)cc1. The van der Waals surface area contributed by atoms with Crippen LogP contribution in [0, 0.1) is 0 Å². The van der Waals surface area contributed by atoms with Crippen LogP contribution in [0.15, 0.2) is 174 Å². The summed E-state index contributed by atoms with van der Waals surface area (Å²) in [6.07, 6.45) is 0. The molecule has 9 rings (SSSR count). The van der Waals surface area contributed by atoms with Crippen molar-refractivity contribution in [1.82, 2.24) is 4.98 Å². The Kier molecular flexibility index (Phi) is 6.65. The maximum atomic E-state index is 6.24. The molecule has 0 spiro atoms. The summed E-state index contributed by atoms with van der Waals surface area (Å²) < 4.78 is 8.65. The van der Waals surface area contributed by atoms with Gasteiger partial charge in [-0.15, -0.1) is 11.3 Å². The number of oxazole rings is 1. The number of para-hydroxylation sites is 1. The molecule has 0 aliphatic rings. The van der Waals surface area contributed by atoms with Crippen molar-refractivity contribution < 1.29 is 4.42 Å². The summed E-state index contributed by atoms with van der Waals surface area (Å²) in [4.78, 5) is 7.20. The van der Waals surface area contributed by atoms with E-state index in [1.807, 2.05) is 30.3 Å². The molecule has 0 bridgehead atoms. The second-order valence-corrected chi connectivity index (χ2v) is 12.7. The first-order valence-electron chi connectivity index (χ1n) is 15.7. The molecule has 4 heteroatoms. The van der Waals surface area contributed by atoms with Gasteiger partial charge in [-0.1, -0.05) is 115 Å². The van der Waals surface area contributed by atoms with E-state index in [1.165, 1.54) is 42.4 Å². The van der Waals surface area contributed by atoms with Gasteiger partial charge in [-0.05, 0) is 71.3 Å². The maximum Gasteiger partial charge on any atom is 0.227 e. The van der Waals surface area contributed by atoms with Crippen LogP contribution in [0.4, 0.5) is 17.1 Å². The third-order valence-electron chi connectivity index (χ3n) is 8.71. The molecule has 47 heavy (non-hydrogen) atoms. The molecule has 0 saturated carbocycles. The van der Waals surface area contributed by atoms with E-state index in [0.29, 0.717) is 5.89 Å². The van der Waals surface area contributed by atoms with Crippen LogP contribution >= 0.6 is 11.3 Å². The van der Waals surface area contributed by atoms with E-state index in [1.54, 1.807) is 11.3 Å². The molecule has 2 heterocycles. The van der Waals surface area contributed by atoms with E-state index in [0.717, 1.165) is 33.7 Å². The van der Waals surface area contributed by atoms with Crippen molar-refractivity contribution in [2.24, 2.45) is 0 Å². The Morgan fingerprint density at radius 2 is 1.06 bits per heavy atom. The van der Waals surface area contributed by atoms with Crippen LogP contribution in [-0.4, -0.2) is 4.98 Å². The predicted molar refractivity (Wildman–Crippen MR) is 198 cm³/mol. The average Bonchev–Trinajstić information content (AvgIpc) is 3.72. The number of aromatic nitrogens is 1. The van der Waals surface area contributed by atoms with Gasteiger partial charge in [-0.3, -0.25) is 0 Å². The third-order valence-corrected chi connectivity index (χ3v) is 9.82. The molecule has 2 aromatic heterocycles. The first-order chi connectivity index (χ1) is 23.3. The third kappa shape index (κ3) is 4.96. The number of nitrogens with zero attached hydrogens (tertiary/aromatic N) is 2. The fraction of sp³-hybridized carbons (Fsp3) is 0. The molecular weight excluding hydrogens is 593 g/mol. The highest BCUT2D eigenvalue weighted by Gasteiger charge is 2.19. The Labute approximate surface area is 276 Å². The molecule has 0 amide bonds. The normalized spacial score (nSPS) is 11.4. The molecule has 222 valence electrons. The molecule has 0 atom stereocenters. The van der Waals surface area contributed by atoms with E-state index < -0.39 is 0 Å². The van der Waals surface area contributed by atoms with E-state index in [9.17, 15) is 0 Å². The molecule has 0 saturated heterocycles. The summed E-state index contributed by atoms with van der Waals surface area (Å²) in [5.74, 6) is 0.649. The first-order valence-corrected chi connectivity index (χ1v) is 16.5. The van der Waals surface area contributed by atoms with Gasteiger partial charge in [0.05, 0.1) is 5.69 Å². The summed E-state index contributed by atoms with van der Waals surface area (Å²) in [6, 6.07) is 59.9. The van der Waals surface area contributed by atoms with Crippen LogP contribution in [0.25, 0.3) is 65.0 Å². The zero-order valence-corrected chi connectivity index (χ0v) is 26.2. The highest BCUT2D eigenvalue weighted by molar-refractivity contribution is 7.25. The predicted octanol–water partition coefficient (Wildman–Crippen LogP) is 12.7. The van der Waals surface area contributed by atoms with Gasteiger partial charge in [0.1, 0.15) is 5.52 Å². The van der Waals surface area contributed by atoms with Crippen LogP contribution in [-0.2, 0) is 0 Å². The topological polar surface area (TPSA) is 29.3 Å². The largest absolute Gasteiger partial charge is 0.436 e. The highest BCUT2D eigenvalue weighted by atomic mass is 32.1. The van der Waals surface area contributed by atoms with Gasteiger partial charge in [0, 0.05) is 42.7 Å². The summed E-state index contributed by atoms with van der Waals surface area (Å²) in [5.41, 5.74) is 10.8. The lowest BCUT2D eigenvalue weighted by atomic mass is 10.0. The Hall–Kier alpha value is -5.97. The minimum atomic E-state index is 0.649. The van der Waals surface area contributed by atoms with Crippen molar-refractivity contribution >= 4 is 59.7 Å². The molecular formula is C43H28N2OS. The summed E-state index contributed by atoms with van der Waals surface area (Å²) in [7, 11) is 0. The second-order valence-electron chi connectivity index (χ2n) is 11.6. The first kappa shape index (κ1) is 27.3. The molecule has 0 unspecified atom stereocenters. The Morgan fingerprint density at radius 3 is 1.81 bits per heavy atom. The lowest BCUT2D eigenvalue weighted by molar-refractivity contribution is 0.620. The van der Waals surface area contributed by atoms with Gasteiger partial charge < -0.3 is 9.32 Å². The number of hydrogen-bond acceptors (Lipinski definition) is 4. The van der Waals surface area contributed by atoms with E-state index in [-0.39, 0.29) is 0 Å². The fourth-order valence-corrected chi connectivity index (χ4v) is 7.57. The Morgan fingerprint density at radius 1 is 0.468 bits per heavy atom. The van der Waals surface area contributed by atoms with Crippen molar-refractivity contribution in [2.75, 3.05) is 4.90 Å². The second kappa shape index (κ2) is 11.4. The standard InChI is InChI=1S/C43H28N2OS/c1-4-12-29(13-5-1)30-20-22-33(23-21-30)45(39-19-11-10-18-35(39)31-14-6-2-7-15-31)34-24-25-36-37-27-40-38(28-42(37)47-41(36)26-34)44-43(46-40)32-16-8-3-9-17-32/h1-28H. The minimum Gasteiger partial charge on any atom is -0.436 e. The summed E-state index contributed by atoms with van der Waals surface area (Å²) >= 11 is 1.80. The molecule has 0 aliphatic carbocycles. The van der Waals surface area contributed by atoms with Gasteiger partial charge in [-0.2, -0.15) is 0 Å². The van der Waals surface area contributed by atoms with Crippen molar-refractivity contribution in [2.45, 2.75) is 0 Å². The number of hydrogen-bond donors (Lipinski definition) is 0. The Bertz CT molecular complexity index is 2500. The molecule has 0 N–H and O–H groups in total. The van der Waals surface area contributed by atoms with Crippen LogP contribution in [0.2, 0.25) is 0 Å². The van der Waals surface area contributed by atoms with Gasteiger partial charge in [0.25, 0.3) is 0 Å². The van der Waals surface area contributed by atoms with Crippen LogP contribution in [0.5, 0.6) is 0 Å². The number of fused-ring (bicyclic) bond motifs is 4. The van der Waals surface area contributed by atoms with Gasteiger partial charge in [0.15, 0.2) is 5.58 Å². The quantitative estimate of drug-likeness (QED) is 0.185. The zero-order chi connectivity index (χ0) is 31.2. The fourth-order valence-electron chi connectivity index (χ4n) is 6.42. The van der Waals surface area contributed by atoms with Crippen LogP contribution in [0.3, 0.4) is 0 Å². The van der Waals surface area contributed by atoms with Crippen molar-refractivity contribution in [3.8, 4) is 33.7 Å². The number of anilines is 3. The lowest BCUT2D eigenvalue weighted by Gasteiger charge is -2.28. The number of thiophene rings is 1. The van der Waals surface area contributed by atoms with Gasteiger partial charge in [0.2, 0.25) is 5.89 Å².